The Hall–Kier alpha value is -2.27. The summed E-state index contributed by atoms with van der Waals surface area (Å²) >= 11 is 5.96. The number of guanidine groups is 1. The minimum absolute atomic E-state index is 0.586. The van der Waals surface area contributed by atoms with Gasteiger partial charge in [0.25, 0.3) is 0 Å². The van der Waals surface area contributed by atoms with Crippen molar-refractivity contribution in [3.05, 3.63) is 58.9 Å². The molecule has 0 aliphatic carbocycles. The van der Waals surface area contributed by atoms with Gasteiger partial charge in [0.2, 0.25) is 0 Å². The maximum Gasteiger partial charge on any atom is 0.191 e. The number of hydrogen-bond acceptors (Lipinski definition) is 3. The van der Waals surface area contributed by atoms with Crippen LogP contribution < -0.4 is 15.4 Å². The molecular formula is C16H19ClN4O. The van der Waals surface area contributed by atoms with E-state index in [0.29, 0.717) is 24.1 Å². The lowest BCUT2D eigenvalue weighted by atomic mass is 10.2. The van der Waals surface area contributed by atoms with Crippen molar-refractivity contribution in [1.29, 1.82) is 0 Å². The third kappa shape index (κ3) is 4.63. The van der Waals surface area contributed by atoms with Gasteiger partial charge >= 0.3 is 0 Å². The van der Waals surface area contributed by atoms with Crippen LogP contribution in [0.3, 0.4) is 0 Å². The molecule has 6 heteroatoms. The van der Waals surface area contributed by atoms with Crippen molar-refractivity contribution in [1.82, 2.24) is 15.6 Å². The molecule has 1 heterocycles. The molecule has 116 valence electrons. The van der Waals surface area contributed by atoms with Gasteiger partial charge in [-0.15, -0.1) is 0 Å². The molecule has 0 amide bonds. The number of pyridine rings is 1. The first kappa shape index (κ1) is 16.1. The fourth-order valence-corrected chi connectivity index (χ4v) is 2.10. The van der Waals surface area contributed by atoms with Gasteiger partial charge in [-0.05, 0) is 24.3 Å². The second kappa shape index (κ2) is 8.24. The Labute approximate surface area is 135 Å². The monoisotopic (exact) mass is 318 g/mol. The zero-order valence-electron chi connectivity index (χ0n) is 12.6. The van der Waals surface area contributed by atoms with E-state index in [2.05, 4.69) is 20.6 Å². The fourth-order valence-electron chi connectivity index (χ4n) is 1.94. The predicted octanol–water partition coefficient (Wildman–Crippen LogP) is 2.61. The number of ether oxygens (including phenoxy) is 1. The Morgan fingerprint density at radius 1 is 1.23 bits per heavy atom. The highest BCUT2D eigenvalue weighted by molar-refractivity contribution is 6.30. The minimum Gasteiger partial charge on any atom is -0.496 e. The molecule has 5 nitrogen and oxygen atoms in total. The van der Waals surface area contributed by atoms with E-state index in [1.807, 2.05) is 30.3 Å². The van der Waals surface area contributed by atoms with E-state index in [1.165, 1.54) is 0 Å². The number of benzene rings is 1. The highest BCUT2D eigenvalue weighted by Crippen LogP contribution is 2.22. The van der Waals surface area contributed by atoms with Crippen LogP contribution in [-0.2, 0) is 13.1 Å². The minimum atomic E-state index is 0.586. The Morgan fingerprint density at radius 3 is 2.73 bits per heavy atom. The average Bonchev–Trinajstić information content (AvgIpc) is 2.56. The lowest BCUT2D eigenvalue weighted by molar-refractivity contribution is 0.409. The molecule has 22 heavy (non-hydrogen) atoms. The van der Waals surface area contributed by atoms with Gasteiger partial charge in [-0.1, -0.05) is 23.7 Å². The maximum absolute atomic E-state index is 5.96. The van der Waals surface area contributed by atoms with Gasteiger partial charge in [0.05, 0.1) is 19.3 Å². The van der Waals surface area contributed by atoms with Crippen molar-refractivity contribution in [2.75, 3.05) is 14.2 Å². The van der Waals surface area contributed by atoms with Crippen LogP contribution in [0.5, 0.6) is 5.75 Å². The Balaban J connectivity index is 1.91. The average molecular weight is 319 g/mol. The third-order valence-electron chi connectivity index (χ3n) is 3.08. The molecule has 0 saturated heterocycles. The van der Waals surface area contributed by atoms with Crippen LogP contribution in [0.15, 0.2) is 47.6 Å². The topological polar surface area (TPSA) is 58.5 Å². The Morgan fingerprint density at radius 2 is 2.05 bits per heavy atom. The highest BCUT2D eigenvalue weighted by atomic mass is 35.5. The number of aromatic nitrogens is 1. The summed E-state index contributed by atoms with van der Waals surface area (Å²) in [6.07, 6.45) is 1.77. The normalized spacial score (nSPS) is 11.1. The van der Waals surface area contributed by atoms with Gasteiger partial charge in [-0.3, -0.25) is 9.98 Å². The SMILES string of the molecule is CN=C(NCc1ccccn1)NCc1ccc(Cl)cc1OC. The second-order valence-electron chi connectivity index (χ2n) is 4.56. The van der Waals surface area contributed by atoms with E-state index in [4.69, 9.17) is 16.3 Å². The van der Waals surface area contributed by atoms with Crippen LogP contribution in [0.1, 0.15) is 11.3 Å². The first-order valence-corrected chi connectivity index (χ1v) is 7.27. The molecule has 0 spiro atoms. The van der Waals surface area contributed by atoms with E-state index in [9.17, 15) is 0 Å². The fraction of sp³-hybridized carbons (Fsp3) is 0.250. The molecule has 2 rings (SSSR count). The molecule has 0 aliphatic rings. The zero-order chi connectivity index (χ0) is 15.8. The number of halogens is 1. The van der Waals surface area contributed by atoms with Gasteiger partial charge in [0.1, 0.15) is 5.75 Å². The summed E-state index contributed by atoms with van der Waals surface area (Å²) in [4.78, 5) is 8.45. The summed E-state index contributed by atoms with van der Waals surface area (Å²) in [7, 11) is 3.36. The van der Waals surface area contributed by atoms with E-state index in [1.54, 1.807) is 26.4 Å². The summed E-state index contributed by atoms with van der Waals surface area (Å²) in [5.41, 5.74) is 1.96. The van der Waals surface area contributed by atoms with Crippen LogP contribution >= 0.6 is 11.6 Å². The molecule has 0 unspecified atom stereocenters. The van der Waals surface area contributed by atoms with Gasteiger partial charge in [-0.25, -0.2) is 0 Å². The molecule has 0 bridgehead atoms. The van der Waals surface area contributed by atoms with Gasteiger partial charge in [0, 0.05) is 30.4 Å². The van der Waals surface area contributed by atoms with Crippen molar-refractivity contribution in [2.45, 2.75) is 13.1 Å². The standard InChI is InChI=1S/C16H19ClN4O/c1-18-16(21-11-14-5-3-4-8-19-14)20-10-12-6-7-13(17)9-15(12)22-2/h3-9H,10-11H2,1-2H3,(H2,18,20,21). The first-order chi connectivity index (χ1) is 10.7. The molecule has 0 aliphatic heterocycles. The highest BCUT2D eigenvalue weighted by Gasteiger charge is 2.05. The molecule has 2 N–H and O–H groups in total. The predicted molar refractivity (Wildman–Crippen MR) is 89.3 cm³/mol. The smallest absolute Gasteiger partial charge is 0.191 e. The zero-order valence-corrected chi connectivity index (χ0v) is 13.4. The molecule has 1 aromatic carbocycles. The van der Waals surface area contributed by atoms with Crippen LogP contribution in [0.2, 0.25) is 5.02 Å². The summed E-state index contributed by atoms with van der Waals surface area (Å²) in [6, 6.07) is 11.4. The van der Waals surface area contributed by atoms with Crippen LogP contribution in [0.25, 0.3) is 0 Å². The third-order valence-corrected chi connectivity index (χ3v) is 3.32. The van der Waals surface area contributed by atoms with Crippen molar-refractivity contribution in [3.63, 3.8) is 0 Å². The van der Waals surface area contributed by atoms with E-state index in [-0.39, 0.29) is 0 Å². The number of hydrogen-bond donors (Lipinski definition) is 2. The van der Waals surface area contributed by atoms with Crippen molar-refractivity contribution >= 4 is 17.6 Å². The summed E-state index contributed by atoms with van der Waals surface area (Å²) in [5.74, 6) is 1.45. The molecule has 0 fully saturated rings. The number of nitrogens with zero attached hydrogens (tertiary/aromatic N) is 2. The second-order valence-corrected chi connectivity index (χ2v) is 4.99. The van der Waals surface area contributed by atoms with Gasteiger partial charge in [0.15, 0.2) is 5.96 Å². The van der Waals surface area contributed by atoms with Crippen LogP contribution in [-0.4, -0.2) is 25.1 Å². The number of aliphatic imine (C=N–C) groups is 1. The van der Waals surface area contributed by atoms with Crippen molar-refractivity contribution in [2.24, 2.45) is 4.99 Å². The number of methoxy groups -OCH3 is 1. The van der Waals surface area contributed by atoms with Gasteiger partial charge in [-0.2, -0.15) is 0 Å². The van der Waals surface area contributed by atoms with Gasteiger partial charge < -0.3 is 15.4 Å². The number of nitrogens with one attached hydrogen (secondary N) is 2. The molecule has 0 radical (unpaired) electrons. The summed E-state index contributed by atoms with van der Waals surface area (Å²) in [6.45, 7) is 1.19. The molecule has 0 atom stereocenters. The molecular weight excluding hydrogens is 300 g/mol. The van der Waals surface area contributed by atoms with Crippen molar-refractivity contribution < 1.29 is 4.74 Å². The maximum atomic E-state index is 5.96. The lowest BCUT2D eigenvalue weighted by Gasteiger charge is -2.13. The van der Waals surface area contributed by atoms with E-state index >= 15 is 0 Å². The largest absolute Gasteiger partial charge is 0.496 e. The molecule has 2 aromatic rings. The first-order valence-electron chi connectivity index (χ1n) is 6.89. The molecule has 1 aromatic heterocycles. The quantitative estimate of drug-likeness (QED) is 0.657. The van der Waals surface area contributed by atoms with Crippen LogP contribution in [0.4, 0.5) is 0 Å². The van der Waals surface area contributed by atoms with E-state index in [0.717, 1.165) is 17.0 Å². The molecule has 0 saturated carbocycles. The van der Waals surface area contributed by atoms with Crippen LogP contribution in [0, 0.1) is 0 Å². The van der Waals surface area contributed by atoms with E-state index < -0.39 is 0 Å². The summed E-state index contributed by atoms with van der Waals surface area (Å²) < 4.78 is 5.33. The summed E-state index contributed by atoms with van der Waals surface area (Å²) in [5, 5.41) is 7.10. The van der Waals surface area contributed by atoms with Crippen molar-refractivity contribution in [3.8, 4) is 5.75 Å². The lowest BCUT2D eigenvalue weighted by Crippen LogP contribution is -2.36. The number of rotatable bonds is 5. The Bertz CT molecular complexity index is 631. The Kier molecular flexibility index (Phi) is 6.03.